The van der Waals surface area contributed by atoms with Gasteiger partial charge in [-0.15, -0.1) is 0 Å². The van der Waals surface area contributed by atoms with E-state index in [9.17, 15) is 9.90 Å². The minimum atomic E-state index is -0.534. The van der Waals surface area contributed by atoms with Crippen LogP contribution in [-0.4, -0.2) is 36.3 Å². The standard InChI is InChI=1S/C21H26N2O3/c24-19(14-22-17-8-4-5-9-17)15-26-20-12-10-18(11-13-20)23-21(25)16-6-2-1-3-7-16/h1-3,6-7,10-13,17,19,22,24H,4-5,8-9,14-15H2,(H,23,25). The van der Waals surface area contributed by atoms with Crippen LogP contribution >= 0.6 is 0 Å². The first-order valence-electron chi connectivity index (χ1n) is 9.21. The zero-order chi connectivity index (χ0) is 18.2. The van der Waals surface area contributed by atoms with Crippen LogP contribution in [0.25, 0.3) is 0 Å². The zero-order valence-corrected chi connectivity index (χ0v) is 14.9. The van der Waals surface area contributed by atoms with Crippen molar-refractivity contribution in [2.24, 2.45) is 0 Å². The van der Waals surface area contributed by atoms with E-state index in [2.05, 4.69) is 10.6 Å². The summed E-state index contributed by atoms with van der Waals surface area (Å²) in [4.78, 5) is 12.1. The first-order chi connectivity index (χ1) is 12.7. The van der Waals surface area contributed by atoms with Crippen LogP contribution in [0.2, 0.25) is 0 Å². The van der Waals surface area contributed by atoms with Gasteiger partial charge in [0.1, 0.15) is 18.5 Å². The Labute approximate surface area is 154 Å². The Kier molecular flexibility index (Phi) is 6.63. The maximum absolute atomic E-state index is 12.1. The highest BCUT2D eigenvalue weighted by molar-refractivity contribution is 6.04. The molecule has 26 heavy (non-hydrogen) atoms. The summed E-state index contributed by atoms with van der Waals surface area (Å²) in [7, 11) is 0. The Morgan fingerprint density at radius 2 is 1.77 bits per heavy atom. The van der Waals surface area contributed by atoms with Crippen molar-refractivity contribution in [3.63, 3.8) is 0 Å². The number of carbonyl (C=O) groups excluding carboxylic acids is 1. The van der Waals surface area contributed by atoms with Gasteiger partial charge in [-0.1, -0.05) is 31.0 Å². The fraction of sp³-hybridized carbons (Fsp3) is 0.381. The van der Waals surface area contributed by atoms with Crippen LogP contribution in [0.4, 0.5) is 5.69 Å². The van der Waals surface area contributed by atoms with Crippen molar-refractivity contribution in [1.82, 2.24) is 5.32 Å². The Morgan fingerprint density at radius 1 is 1.08 bits per heavy atom. The zero-order valence-electron chi connectivity index (χ0n) is 14.9. The molecule has 1 saturated carbocycles. The van der Waals surface area contributed by atoms with E-state index < -0.39 is 6.10 Å². The van der Waals surface area contributed by atoms with Crippen molar-refractivity contribution < 1.29 is 14.6 Å². The van der Waals surface area contributed by atoms with Crippen molar-refractivity contribution in [2.75, 3.05) is 18.5 Å². The lowest BCUT2D eigenvalue weighted by molar-refractivity contribution is 0.102. The Bertz CT molecular complexity index is 682. The Morgan fingerprint density at radius 3 is 2.46 bits per heavy atom. The maximum Gasteiger partial charge on any atom is 0.255 e. The van der Waals surface area contributed by atoms with Gasteiger partial charge >= 0.3 is 0 Å². The molecule has 3 rings (SSSR count). The summed E-state index contributed by atoms with van der Waals surface area (Å²) in [5.41, 5.74) is 1.32. The molecule has 0 heterocycles. The highest BCUT2D eigenvalue weighted by Crippen LogP contribution is 2.18. The third-order valence-electron chi connectivity index (χ3n) is 4.59. The molecule has 5 heteroatoms. The number of rotatable bonds is 8. The smallest absolute Gasteiger partial charge is 0.255 e. The van der Waals surface area contributed by atoms with Crippen LogP contribution in [0, 0.1) is 0 Å². The molecule has 1 aliphatic carbocycles. The Hall–Kier alpha value is -2.37. The number of nitrogens with one attached hydrogen (secondary N) is 2. The maximum atomic E-state index is 12.1. The second kappa shape index (κ2) is 9.36. The van der Waals surface area contributed by atoms with Crippen molar-refractivity contribution in [3.05, 3.63) is 60.2 Å². The summed E-state index contributed by atoms with van der Waals surface area (Å²) in [5.74, 6) is 0.523. The highest BCUT2D eigenvalue weighted by Gasteiger charge is 2.15. The van der Waals surface area contributed by atoms with Crippen LogP contribution in [0.3, 0.4) is 0 Å². The van der Waals surface area contributed by atoms with E-state index in [0.717, 1.165) is 0 Å². The SMILES string of the molecule is O=C(Nc1ccc(OCC(O)CNC2CCCC2)cc1)c1ccccc1. The second-order valence-electron chi connectivity index (χ2n) is 6.70. The molecule has 0 saturated heterocycles. The number of benzene rings is 2. The van der Waals surface area contributed by atoms with E-state index in [-0.39, 0.29) is 12.5 Å². The molecule has 1 aliphatic rings. The minimum Gasteiger partial charge on any atom is -0.491 e. The van der Waals surface area contributed by atoms with Crippen molar-refractivity contribution in [1.29, 1.82) is 0 Å². The fourth-order valence-corrected chi connectivity index (χ4v) is 3.11. The number of carbonyl (C=O) groups is 1. The second-order valence-corrected chi connectivity index (χ2v) is 6.70. The van der Waals surface area contributed by atoms with Gasteiger partial charge in [-0.3, -0.25) is 4.79 Å². The number of hydrogen-bond acceptors (Lipinski definition) is 4. The fourth-order valence-electron chi connectivity index (χ4n) is 3.11. The molecular formula is C21H26N2O3. The quantitative estimate of drug-likeness (QED) is 0.681. The average Bonchev–Trinajstić information content (AvgIpc) is 3.20. The number of aliphatic hydroxyl groups is 1. The Balaban J connectivity index is 1.41. The third-order valence-corrected chi connectivity index (χ3v) is 4.59. The molecular weight excluding hydrogens is 328 g/mol. The van der Waals surface area contributed by atoms with Gasteiger partial charge in [0.15, 0.2) is 0 Å². The van der Waals surface area contributed by atoms with Crippen molar-refractivity contribution in [3.8, 4) is 5.75 Å². The molecule has 1 atom stereocenters. The van der Waals surface area contributed by atoms with Crippen LogP contribution in [0.15, 0.2) is 54.6 Å². The van der Waals surface area contributed by atoms with Crippen LogP contribution in [-0.2, 0) is 0 Å². The molecule has 1 amide bonds. The number of aliphatic hydroxyl groups excluding tert-OH is 1. The molecule has 0 aromatic heterocycles. The van der Waals surface area contributed by atoms with Crippen molar-refractivity contribution in [2.45, 2.75) is 37.8 Å². The van der Waals surface area contributed by atoms with Gasteiger partial charge < -0.3 is 20.5 Å². The summed E-state index contributed by atoms with van der Waals surface area (Å²) in [6.45, 7) is 0.797. The average molecular weight is 354 g/mol. The van der Waals surface area contributed by atoms with Gasteiger partial charge in [-0.25, -0.2) is 0 Å². The number of hydrogen-bond donors (Lipinski definition) is 3. The molecule has 3 N–H and O–H groups in total. The first kappa shape index (κ1) is 18.4. The highest BCUT2D eigenvalue weighted by atomic mass is 16.5. The van der Waals surface area contributed by atoms with Gasteiger partial charge in [0, 0.05) is 23.8 Å². The van der Waals surface area contributed by atoms with E-state index in [1.165, 1.54) is 25.7 Å². The summed E-state index contributed by atoms with van der Waals surface area (Å²) in [6, 6.07) is 16.8. The molecule has 0 aliphatic heterocycles. The van der Waals surface area contributed by atoms with Gasteiger partial charge in [-0.2, -0.15) is 0 Å². The predicted molar refractivity (Wildman–Crippen MR) is 103 cm³/mol. The molecule has 1 fully saturated rings. The number of anilines is 1. The summed E-state index contributed by atoms with van der Waals surface area (Å²) in [6.07, 6.45) is 4.41. The van der Waals surface area contributed by atoms with Gasteiger partial charge in [-0.05, 0) is 49.2 Å². The van der Waals surface area contributed by atoms with Gasteiger partial charge in [0.05, 0.1) is 0 Å². The minimum absolute atomic E-state index is 0.146. The van der Waals surface area contributed by atoms with Crippen LogP contribution < -0.4 is 15.4 Å². The normalized spacial score (nSPS) is 15.6. The number of amides is 1. The lowest BCUT2D eigenvalue weighted by Gasteiger charge is -2.16. The third kappa shape index (κ3) is 5.58. The van der Waals surface area contributed by atoms with Crippen molar-refractivity contribution >= 4 is 11.6 Å². The van der Waals surface area contributed by atoms with Gasteiger partial charge in [0.25, 0.3) is 5.91 Å². The molecule has 5 nitrogen and oxygen atoms in total. The lowest BCUT2D eigenvalue weighted by atomic mass is 10.2. The van der Waals surface area contributed by atoms with E-state index in [1.54, 1.807) is 36.4 Å². The lowest BCUT2D eigenvalue weighted by Crippen LogP contribution is -2.36. The number of ether oxygens (including phenoxy) is 1. The topological polar surface area (TPSA) is 70.6 Å². The molecule has 1 unspecified atom stereocenters. The molecule has 0 bridgehead atoms. The van der Waals surface area contributed by atoms with E-state index in [1.807, 2.05) is 18.2 Å². The predicted octanol–water partition coefficient (Wildman–Crippen LogP) is 3.21. The molecule has 0 radical (unpaired) electrons. The molecule has 0 spiro atoms. The largest absolute Gasteiger partial charge is 0.491 e. The van der Waals surface area contributed by atoms with E-state index in [4.69, 9.17) is 4.74 Å². The molecule has 2 aromatic carbocycles. The summed E-state index contributed by atoms with van der Waals surface area (Å²) < 4.78 is 5.62. The summed E-state index contributed by atoms with van der Waals surface area (Å²) >= 11 is 0. The first-order valence-corrected chi connectivity index (χ1v) is 9.21. The molecule has 2 aromatic rings. The molecule has 138 valence electrons. The summed E-state index contributed by atoms with van der Waals surface area (Å²) in [5, 5.41) is 16.3. The van der Waals surface area contributed by atoms with Crippen LogP contribution in [0.1, 0.15) is 36.0 Å². The van der Waals surface area contributed by atoms with Crippen LogP contribution in [0.5, 0.6) is 5.75 Å². The van der Waals surface area contributed by atoms with E-state index >= 15 is 0 Å². The van der Waals surface area contributed by atoms with E-state index in [0.29, 0.717) is 29.6 Å². The van der Waals surface area contributed by atoms with Gasteiger partial charge in [0.2, 0.25) is 0 Å². The monoisotopic (exact) mass is 354 g/mol.